The summed E-state index contributed by atoms with van der Waals surface area (Å²) in [6.07, 6.45) is 0.305. The molecule has 220 valence electrons. The standard InChI is InChI=1S/C37H42O5/c1-2-15-33-35(39-25-30-18-9-4-10-19-30)37(41-27-32-22-13-6-14-23-32)36(40-26-31-20-11-5-12-21-31)34(42-33)28-38-24-29-16-7-3-8-17-29/h3-14,16-23,33-37H,2,15,24-28H2,1H3/t33-,34?,35-,36?,37+/m0/s1. The van der Waals surface area contributed by atoms with Gasteiger partial charge in [0.05, 0.1) is 39.1 Å². The van der Waals surface area contributed by atoms with E-state index in [0.29, 0.717) is 33.0 Å². The molecular formula is C37H42O5. The van der Waals surface area contributed by atoms with Gasteiger partial charge in [-0.05, 0) is 28.7 Å². The zero-order valence-electron chi connectivity index (χ0n) is 24.4. The van der Waals surface area contributed by atoms with E-state index in [1.165, 1.54) is 0 Å². The lowest BCUT2D eigenvalue weighted by Crippen LogP contribution is -2.61. The third kappa shape index (κ3) is 8.84. The smallest absolute Gasteiger partial charge is 0.115 e. The molecule has 5 heteroatoms. The molecule has 0 N–H and O–H groups in total. The maximum absolute atomic E-state index is 6.79. The van der Waals surface area contributed by atoms with Gasteiger partial charge in [0.1, 0.15) is 24.4 Å². The van der Waals surface area contributed by atoms with Crippen molar-refractivity contribution in [1.82, 2.24) is 0 Å². The van der Waals surface area contributed by atoms with Crippen LogP contribution in [0.3, 0.4) is 0 Å². The highest BCUT2D eigenvalue weighted by molar-refractivity contribution is 5.16. The molecule has 0 saturated carbocycles. The first kappa shape index (κ1) is 30.1. The second-order valence-electron chi connectivity index (χ2n) is 10.8. The van der Waals surface area contributed by atoms with Crippen LogP contribution in [0.2, 0.25) is 0 Å². The topological polar surface area (TPSA) is 46.2 Å². The Bertz CT molecular complexity index is 1270. The summed E-state index contributed by atoms with van der Waals surface area (Å²) in [5.41, 5.74) is 4.45. The number of ether oxygens (including phenoxy) is 5. The van der Waals surface area contributed by atoms with Gasteiger partial charge in [0.25, 0.3) is 0 Å². The van der Waals surface area contributed by atoms with E-state index >= 15 is 0 Å². The first-order valence-electron chi connectivity index (χ1n) is 15.0. The Kier molecular flexibility index (Phi) is 11.7. The molecule has 0 spiro atoms. The van der Waals surface area contributed by atoms with E-state index in [2.05, 4.69) is 55.5 Å². The molecule has 5 nitrogen and oxygen atoms in total. The lowest BCUT2D eigenvalue weighted by Gasteiger charge is -2.46. The first-order chi connectivity index (χ1) is 20.8. The third-order valence-corrected chi connectivity index (χ3v) is 7.55. The molecule has 1 aliphatic heterocycles. The van der Waals surface area contributed by atoms with Crippen LogP contribution < -0.4 is 0 Å². The molecule has 0 radical (unpaired) electrons. The molecule has 1 heterocycles. The Morgan fingerprint density at radius 1 is 0.476 bits per heavy atom. The number of hydrogen-bond donors (Lipinski definition) is 0. The molecule has 0 amide bonds. The third-order valence-electron chi connectivity index (χ3n) is 7.55. The van der Waals surface area contributed by atoms with Gasteiger partial charge in [0, 0.05) is 0 Å². The molecular weight excluding hydrogens is 524 g/mol. The fourth-order valence-electron chi connectivity index (χ4n) is 5.40. The van der Waals surface area contributed by atoms with Crippen molar-refractivity contribution in [2.45, 2.75) is 76.7 Å². The second-order valence-corrected chi connectivity index (χ2v) is 10.8. The van der Waals surface area contributed by atoms with E-state index in [0.717, 1.165) is 35.1 Å². The molecule has 4 aromatic carbocycles. The highest BCUT2D eigenvalue weighted by atomic mass is 16.6. The van der Waals surface area contributed by atoms with Gasteiger partial charge in [-0.25, -0.2) is 0 Å². The molecule has 1 aliphatic rings. The Labute approximate surface area is 250 Å². The fraction of sp³-hybridized carbons (Fsp3) is 0.351. The van der Waals surface area contributed by atoms with Crippen LogP contribution in [0.4, 0.5) is 0 Å². The van der Waals surface area contributed by atoms with Gasteiger partial charge in [-0.1, -0.05) is 135 Å². The zero-order valence-corrected chi connectivity index (χ0v) is 24.4. The van der Waals surface area contributed by atoms with Crippen LogP contribution in [0.15, 0.2) is 121 Å². The summed E-state index contributed by atoms with van der Waals surface area (Å²) in [6, 6.07) is 41.0. The van der Waals surface area contributed by atoms with Crippen molar-refractivity contribution in [2.24, 2.45) is 0 Å². The molecule has 0 aromatic heterocycles. The zero-order chi connectivity index (χ0) is 28.8. The van der Waals surface area contributed by atoms with Gasteiger partial charge in [0.15, 0.2) is 0 Å². The van der Waals surface area contributed by atoms with Gasteiger partial charge >= 0.3 is 0 Å². The Hall–Kier alpha value is -3.32. The Morgan fingerprint density at radius 2 is 0.857 bits per heavy atom. The SMILES string of the molecule is CCC[C@@H]1OC(COCc2ccccc2)C(OCc2ccccc2)[C@H](OCc2ccccc2)[C@H]1OCc1ccccc1. The van der Waals surface area contributed by atoms with E-state index in [9.17, 15) is 0 Å². The minimum atomic E-state index is -0.390. The maximum Gasteiger partial charge on any atom is 0.115 e. The summed E-state index contributed by atoms with van der Waals surface area (Å²) < 4.78 is 33.1. The van der Waals surface area contributed by atoms with Crippen molar-refractivity contribution < 1.29 is 23.7 Å². The van der Waals surface area contributed by atoms with Crippen molar-refractivity contribution in [2.75, 3.05) is 6.61 Å². The second kappa shape index (κ2) is 16.4. The van der Waals surface area contributed by atoms with E-state index < -0.39 is 6.10 Å². The molecule has 1 fully saturated rings. The molecule has 5 atom stereocenters. The average molecular weight is 567 g/mol. The molecule has 5 rings (SSSR count). The Balaban J connectivity index is 1.40. The summed E-state index contributed by atoms with van der Waals surface area (Å²) in [6.45, 7) is 4.45. The average Bonchev–Trinajstić information content (AvgIpc) is 3.05. The molecule has 2 unspecified atom stereocenters. The monoisotopic (exact) mass is 566 g/mol. The van der Waals surface area contributed by atoms with Crippen molar-refractivity contribution in [3.8, 4) is 0 Å². The summed E-state index contributed by atoms with van der Waals surface area (Å²) >= 11 is 0. The lowest BCUT2D eigenvalue weighted by atomic mass is 9.92. The molecule has 4 aromatic rings. The van der Waals surface area contributed by atoms with Gasteiger partial charge in [-0.3, -0.25) is 0 Å². The highest BCUT2D eigenvalue weighted by Gasteiger charge is 2.48. The first-order valence-corrected chi connectivity index (χ1v) is 15.0. The predicted octanol–water partition coefficient (Wildman–Crippen LogP) is 7.53. The van der Waals surface area contributed by atoms with Gasteiger partial charge in [-0.2, -0.15) is 0 Å². The normalized spacial score (nSPS) is 22.2. The fourth-order valence-corrected chi connectivity index (χ4v) is 5.40. The maximum atomic E-state index is 6.79. The van der Waals surface area contributed by atoms with Gasteiger partial charge < -0.3 is 23.7 Å². The minimum absolute atomic E-state index is 0.151. The van der Waals surface area contributed by atoms with Crippen LogP contribution in [-0.4, -0.2) is 37.1 Å². The van der Waals surface area contributed by atoms with E-state index in [-0.39, 0.29) is 24.4 Å². The number of benzene rings is 4. The van der Waals surface area contributed by atoms with Crippen LogP contribution in [0, 0.1) is 0 Å². The lowest BCUT2D eigenvalue weighted by molar-refractivity contribution is -0.273. The van der Waals surface area contributed by atoms with Gasteiger partial charge in [0.2, 0.25) is 0 Å². The predicted molar refractivity (Wildman–Crippen MR) is 165 cm³/mol. The van der Waals surface area contributed by atoms with Crippen LogP contribution in [0.1, 0.15) is 42.0 Å². The van der Waals surface area contributed by atoms with E-state index in [1.807, 2.05) is 72.8 Å². The molecule has 42 heavy (non-hydrogen) atoms. The largest absolute Gasteiger partial charge is 0.374 e. The van der Waals surface area contributed by atoms with Crippen molar-refractivity contribution in [3.05, 3.63) is 144 Å². The molecule has 1 saturated heterocycles. The summed E-state index contributed by atoms with van der Waals surface area (Å²) in [4.78, 5) is 0. The number of hydrogen-bond acceptors (Lipinski definition) is 5. The number of rotatable bonds is 15. The summed E-state index contributed by atoms with van der Waals surface area (Å²) in [5.74, 6) is 0. The van der Waals surface area contributed by atoms with Crippen LogP contribution in [0.25, 0.3) is 0 Å². The van der Waals surface area contributed by atoms with Gasteiger partial charge in [-0.15, -0.1) is 0 Å². The summed E-state index contributed by atoms with van der Waals surface area (Å²) in [7, 11) is 0. The van der Waals surface area contributed by atoms with Crippen LogP contribution >= 0.6 is 0 Å². The van der Waals surface area contributed by atoms with Crippen LogP contribution in [-0.2, 0) is 50.1 Å². The quantitative estimate of drug-likeness (QED) is 0.149. The minimum Gasteiger partial charge on any atom is -0.374 e. The molecule has 0 aliphatic carbocycles. The Morgan fingerprint density at radius 3 is 1.29 bits per heavy atom. The highest BCUT2D eigenvalue weighted by Crippen LogP contribution is 2.32. The van der Waals surface area contributed by atoms with Crippen molar-refractivity contribution in [3.63, 3.8) is 0 Å². The van der Waals surface area contributed by atoms with Crippen LogP contribution in [0.5, 0.6) is 0 Å². The van der Waals surface area contributed by atoms with E-state index in [1.54, 1.807) is 0 Å². The molecule has 0 bridgehead atoms. The van der Waals surface area contributed by atoms with Crippen molar-refractivity contribution in [1.29, 1.82) is 0 Å². The van der Waals surface area contributed by atoms with Crippen molar-refractivity contribution >= 4 is 0 Å². The summed E-state index contributed by atoms with van der Waals surface area (Å²) in [5, 5.41) is 0. The van der Waals surface area contributed by atoms with E-state index in [4.69, 9.17) is 23.7 Å².